The molecule has 1 amide bonds. The number of fused-ring (bicyclic) bond motifs is 1. The third-order valence-electron chi connectivity index (χ3n) is 6.24. The second kappa shape index (κ2) is 9.71. The van der Waals surface area contributed by atoms with Crippen molar-refractivity contribution < 1.29 is 24.5 Å². The Morgan fingerprint density at radius 1 is 1.08 bits per heavy atom. The minimum Gasteiger partial charge on any atom is -0.508 e. The summed E-state index contributed by atoms with van der Waals surface area (Å²) >= 11 is 1.31. The number of rotatable bonds is 6. The molecular formula is C29H26N2O5S. The van der Waals surface area contributed by atoms with Crippen molar-refractivity contribution in [3.63, 3.8) is 0 Å². The molecule has 7 nitrogen and oxygen atoms in total. The van der Waals surface area contributed by atoms with Gasteiger partial charge >= 0.3 is 5.91 Å². The van der Waals surface area contributed by atoms with Gasteiger partial charge in [0, 0.05) is 5.56 Å². The van der Waals surface area contributed by atoms with Crippen LogP contribution in [0.1, 0.15) is 41.6 Å². The van der Waals surface area contributed by atoms with Crippen LogP contribution in [0.2, 0.25) is 0 Å². The summed E-state index contributed by atoms with van der Waals surface area (Å²) in [6.07, 6.45) is 0.819. The average molecular weight is 515 g/mol. The number of aliphatic hydroxyl groups is 1. The number of amides is 1. The molecule has 5 rings (SSSR count). The van der Waals surface area contributed by atoms with Crippen molar-refractivity contribution in [1.82, 2.24) is 4.98 Å². The highest BCUT2D eigenvalue weighted by atomic mass is 32.1. The number of carbonyl (C=O) groups excluding carboxylic acids is 2. The molecule has 1 aromatic heterocycles. The summed E-state index contributed by atoms with van der Waals surface area (Å²) < 4.78 is 6.58. The molecule has 2 heterocycles. The van der Waals surface area contributed by atoms with Crippen molar-refractivity contribution >= 4 is 44.1 Å². The molecule has 0 spiro atoms. The number of hydrogen-bond acceptors (Lipinski definition) is 7. The third kappa shape index (κ3) is 4.44. The summed E-state index contributed by atoms with van der Waals surface area (Å²) in [5, 5.41) is 21.9. The lowest BCUT2D eigenvalue weighted by molar-refractivity contribution is -0.132. The number of aromatic nitrogens is 1. The van der Waals surface area contributed by atoms with Crippen LogP contribution in [0.25, 0.3) is 16.0 Å². The van der Waals surface area contributed by atoms with Gasteiger partial charge in [-0.05, 0) is 67.3 Å². The molecule has 1 fully saturated rings. The minimum absolute atomic E-state index is 0.0196. The van der Waals surface area contributed by atoms with Gasteiger partial charge in [0.15, 0.2) is 5.13 Å². The van der Waals surface area contributed by atoms with E-state index in [9.17, 15) is 19.8 Å². The molecule has 1 aliphatic rings. The van der Waals surface area contributed by atoms with Gasteiger partial charge in [-0.2, -0.15) is 0 Å². The Hall–Kier alpha value is -4.17. The van der Waals surface area contributed by atoms with Gasteiger partial charge in [-0.15, -0.1) is 0 Å². The number of aryl methyl sites for hydroxylation is 2. The van der Waals surface area contributed by atoms with E-state index in [0.717, 1.165) is 27.8 Å². The molecule has 1 atom stereocenters. The van der Waals surface area contributed by atoms with Gasteiger partial charge in [-0.1, -0.05) is 48.6 Å². The van der Waals surface area contributed by atoms with Crippen molar-refractivity contribution in [1.29, 1.82) is 0 Å². The number of phenols is 1. The number of ketones is 1. The number of phenolic OH excluding ortho intramolecular Hbond substituents is 1. The number of nitrogens with zero attached hydrogens (tertiary/aromatic N) is 2. The summed E-state index contributed by atoms with van der Waals surface area (Å²) in [7, 11) is 0. The average Bonchev–Trinajstić information content (AvgIpc) is 3.41. The first-order valence-electron chi connectivity index (χ1n) is 12.0. The van der Waals surface area contributed by atoms with Crippen molar-refractivity contribution in [2.24, 2.45) is 0 Å². The monoisotopic (exact) mass is 514 g/mol. The zero-order valence-electron chi connectivity index (χ0n) is 20.7. The van der Waals surface area contributed by atoms with Crippen LogP contribution >= 0.6 is 11.3 Å². The second-order valence-electron chi connectivity index (χ2n) is 9.07. The lowest BCUT2D eigenvalue weighted by atomic mass is 9.95. The minimum atomic E-state index is -0.978. The largest absolute Gasteiger partial charge is 0.508 e. The Balaban J connectivity index is 1.70. The fourth-order valence-corrected chi connectivity index (χ4v) is 5.78. The highest BCUT2D eigenvalue weighted by molar-refractivity contribution is 7.22. The Morgan fingerprint density at radius 3 is 2.62 bits per heavy atom. The fraction of sp³-hybridized carbons (Fsp3) is 0.207. The molecular weight excluding hydrogens is 488 g/mol. The molecule has 188 valence electrons. The van der Waals surface area contributed by atoms with Crippen LogP contribution in [-0.2, 0) is 9.59 Å². The van der Waals surface area contributed by atoms with E-state index in [4.69, 9.17) is 9.72 Å². The molecule has 3 aromatic carbocycles. The topological polar surface area (TPSA) is 100.0 Å². The van der Waals surface area contributed by atoms with Crippen LogP contribution in [0, 0.1) is 13.8 Å². The standard InChI is InChI=1S/C29H26N2O5S/c1-4-11-36-21-10-6-8-19(15-21)26(33)23-25(18-7-5-9-20(32)14-18)31(28(35)27(23)34)29-30-24-17(3)12-16(2)13-22(24)37-29/h5-10,12-15,25,32-33H,4,11H2,1-3H3. The first kappa shape index (κ1) is 24.5. The number of ether oxygens (including phenoxy) is 1. The van der Waals surface area contributed by atoms with Gasteiger partial charge in [0.1, 0.15) is 17.3 Å². The van der Waals surface area contributed by atoms with E-state index in [2.05, 4.69) is 0 Å². The smallest absolute Gasteiger partial charge is 0.301 e. The first-order chi connectivity index (χ1) is 17.8. The van der Waals surface area contributed by atoms with E-state index in [1.54, 1.807) is 36.4 Å². The maximum absolute atomic E-state index is 13.5. The van der Waals surface area contributed by atoms with Gasteiger partial charge < -0.3 is 14.9 Å². The molecule has 1 unspecified atom stereocenters. The van der Waals surface area contributed by atoms with Crippen molar-refractivity contribution in [3.8, 4) is 11.5 Å². The quantitative estimate of drug-likeness (QED) is 0.185. The molecule has 0 saturated carbocycles. The Labute approximate surface area is 218 Å². The van der Waals surface area contributed by atoms with E-state index in [0.29, 0.717) is 28.6 Å². The summed E-state index contributed by atoms with van der Waals surface area (Å²) in [6.45, 7) is 6.44. The van der Waals surface area contributed by atoms with Gasteiger partial charge in [0.25, 0.3) is 5.78 Å². The fourth-order valence-electron chi connectivity index (χ4n) is 4.61. The molecule has 0 radical (unpaired) electrons. The maximum atomic E-state index is 13.5. The first-order valence-corrected chi connectivity index (χ1v) is 12.8. The molecule has 0 bridgehead atoms. The zero-order chi connectivity index (χ0) is 26.3. The molecule has 37 heavy (non-hydrogen) atoms. The van der Waals surface area contributed by atoms with Gasteiger partial charge in [-0.25, -0.2) is 4.98 Å². The van der Waals surface area contributed by atoms with Crippen LogP contribution < -0.4 is 9.64 Å². The third-order valence-corrected chi connectivity index (χ3v) is 7.24. The Bertz CT molecular complexity index is 1570. The number of anilines is 1. The van der Waals surface area contributed by atoms with Crippen LogP contribution in [0.3, 0.4) is 0 Å². The molecule has 4 aromatic rings. The second-order valence-corrected chi connectivity index (χ2v) is 10.1. The number of aromatic hydroxyl groups is 1. The Morgan fingerprint density at radius 2 is 1.86 bits per heavy atom. The zero-order valence-corrected chi connectivity index (χ0v) is 21.5. The van der Waals surface area contributed by atoms with E-state index in [-0.39, 0.29) is 17.1 Å². The predicted octanol–water partition coefficient (Wildman–Crippen LogP) is 6.03. The summed E-state index contributed by atoms with van der Waals surface area (Å²) in [4.78, 5) is 32.9. The highest BCUT2D eigenvalue weighted by Gasteiger charge is 2.48. The number of benzene rings is 3. The number of aliphatic hydroxyl groups excluding tert-OH is 1. The Kier molecular flexibility index (Phi) is 6.43. The number of Topliss-reactive ketones (excluding diaryl/α,β-unsaturated/α-hetero) is 1. The lowest BCUT2D eigenvalue weighted by Crippen LogP contribution is -2.29. The van der Waals surface area contributed by atoms with Crippen LogP contribution in [0.15, 0.2) is 66.2 Å². The van der Waals surface area contributed by atoms with Crippen molar-refractivity contribution in [2.75, 3.05) is 11.5 Å². The van der Waals surface area contributed by atoms with Crippen LogP contribution in [-0.4, -0.2) is 33.5 Å². The predicted molar refractivity (Wildman–Crippen MR) is 144 cm³/mol. The van der Waals surface area contributed by atoms with Gasteiger partial charge in [0.2, 0.25) is 0 Å². The number of thiazole rings is 1. The van der Waals surface area contributed by atoms with Crippen LogP contribution in [0.4, 0.5) is 5.13 Å². The summed E-state index contributed by atoms with van der Waals surface area (Å²) in [5.74, 6) is -1.40. The summed E-state index contributed by atoms with van der Waals surface area (Å²) in [5.41, 5.74) is 3.54. The molecule has 2 N–H and O–H groups in total. The van der Waals surface area contributed by atoms with Crippen molar-refractivity contribution in [3.05, 3.63) is 88.5 Å². The SMILES string of the molecule is CCCOc1cccc(C(O)=C2C(=O)C(=O)N(c3nc4c(C)cc(C)cc4s3)C2c2cccc(O)c2)c1. The van der Waals surface area contributed by atoms with Crippen molar-refractivity contribution in [2.45, 2.75) is 33.2 Å². The molecule has 1 aliphatic heterocycles. The van der Waals surface area contributed by atoms with Crippen LogP contribution in [0.5, 0.6) is 11.5 Å². The number of carbonyl (C=O) groups is 2. The van der Waals surface area contributed by atoms with Gasteiger partial charge in [0.05, 0.1) is 28.4 Å². The van der Waals surface area contributed by atoms with E-state index < -0.39 is 17.7 Å². The molecule has 8 heteroatoms. The molecule has 1 saturated heterocycles. The molecule has 0 aliphatic carbocycles. The normalized spacial score (nSPS) is 17.1. The summed E-state index contributed by atoms with van der Waals surface area (Å²) in [6, 6.07) is 16.2. The van der Waals surface area contributed by atoms with E-state index in [1.165, 1.54) is 28.4 Å². The number of hydrogen-bond donors (Lipinski definition) is 2. The maximum Gasteiger partial charge on any atom is 0.301 e. The lowest BCUT2D eigenvalue weighted by Gasteiger charge is -2.23. The van der Waals surface area contributed by atoms with E-state index >= 15 is 0 Å². The van der Waals surface area contributed by atoms with Gasteiger partial charge in [-0.3, -0.25) is 14.5 Å². The highest BCUT2D eigenvalue weighted by Crippen LogP contribution is 2.45. The van der Waals surface area contributed by atoms with E-state index in [1.807, 2.05) is 32.9 Å².